The zero-order valence-corrected chi connectivity index (χ0v) is 12.6. The number of hydrogen-bond donors (Lipinski definition) is 0. The standard InChI is InChI=1S/C5H13N2P3.Y/c1-4-5(2-6-10-9)3-7(4)8;/h4-5,10H,1-3,8-9H2;/q-2;. The summed E-state index contributed by atoms with van der Waals surface area (Å²) in [6, 6.07) is 0.468. The van der Waals surface area contributed by atoms with E-state index in [2.05, 4.69) is 35.0 Å². The quantitative estimate of drug-likeness (QED) is 0.569. The molecule has 6 heteroatoms. The smallest absolute Gasteiger partial charge is 0 e. The predicted octanol–water partition coefficient (Wildman–Crippen LogP) is 1.67. The summed E-state index contributed by atoms with van der Waals surface area (Å²) in [6.07, 6.45) is 0. The van der Waals surface area contributed by atoms with Crippen LogP contribution in [0, 0.1) is 12.8 Å². The molecule has 0 saturated carbocycles. The Kier molecular flexibility index (Phi) is 8.14. The molecule has 63 valence electrons. The number of hydrogen-bond acceptors (Lipinski definition) is 1. The molecule has 5 atom stereocenters. The molecule has 1 aliphatic rings. The minimum absolute atomic E-state index is 0. The van der Waals surface area contributed by atoms with Crippen LogP contribution in [0.4, 0.5) is 0 Å². The van der Waals surface area contributed by atoms with Gasteiger partial charge in [0.15, 0.2) is 0 Å². The van der Waals surface area contributed by atoms with Gasteiger partial charge >= 0.3 is 0 Å². The van der Waals surface area contributed by atoms with E-state index in [1.807, 2.05) is 0 Å². The van der Waals surface area contributed by atoms with Gasteiger partial charge < -0.3 is 16.7 Å². The van der Waals surface area contributed by atoms with Crippen molar-refractivity contribution in [2.75, 3.05) is 13.1 Å². The first-order valence-electron chi connectivity index (χ1n) is 3.22. The Labute approximate surface area is 100 Å². The second kappa shape index (κ2) is 6.72. The van der Waals surface area contributed by atoms with Crippen molar-refractivity contribution in [3.63, 3.8) is 0 Å². The number of rotatable bonds is 3. The first kappa shape index (κ1) is 13.3. The molecule has 0 aromatic heterocycles. The molecule has 0 aromatic carbocycles. The van der Waals surface area contributed by atoms with Gasteiger partial charge in [0.05, 0.1) is 0 Å². The maximum atomic E-state index is 4.29. The Balaban J connectivity index is 0.000001000. The Morgan fingerprint density at radius 3 is 2.73 bits per heavy atom. The summed E-state index contributed by atoms with van der Waals surface area (Å²) in [5, 5.41) is 4.29. The average molecular weight is 283 g/mol. The van der Waals surface area contributed by atoms with Gasteiger partial charge in [-0.15, -0.1) is 21.5 Å². The summed E-state index contributed by atoms with van der Waals surface area (Å²) in [7, 11) is 5.96. The molecule has 0 aromatic rings. The molecule has 0 aliphatic carbocycles. The molecule has 0 spiro atoms. The molecule has 1 aliphatic heterocycles. The van der Waals surface area contributed by atoms with Crippen LogP contribution in [0.3, 0.4) is 0 Å². The van der Waals surface area contributed by atoms with Gasteiger partial charge in [-0.2, -0.15) is 0 Å². The van der Waals surface area contributed by atoms with Gasteiger partial charge in [-0.05, 0) is 6.54 Å². The molecule has 1 heterocycles. The van der Waals surface area contributed by atoms with Crippen LogP contribution in [0.25, 0.3) is 5.09 Å². The fourth-order valence-electron chi connectivity index (χ4n) is 1.01. The average Bonchev–Trinajstić information content (AvgIpc) is 1.97. The first-order chi connectivity index (χ1) is 4.75. The molecule has 1 fully saturated rings. The Bertz CT molecular complexity index is 116. The van der Waals surface area contributed by atoms with Crippen LogP contribution < -0.4 is 0 Å². The predicted molar refractivity (Wildman–Crippen MR) is 55.3 cm³/mol. The van der Waals surface area contributed by atoms with Crippen LogP contribution in [-0.4, -0.2) is 23.8 Å². The van der Waals surface area contributed by atoms with Crippen molar-refractivity contribution >= 4 is 26.7 Å². The molecule has 1 radical (unpaired) electrons. The fraction of sp³-hybridized carbons (Fsp3) is 0.800. The van der Waals surface area contributed by atoms with Gasteiger partial charge in [-0.3, -0.25) is 0 Å². The topological polar surface area (TPSA) is 17.3 Å². The summed E-state index contributed by atoms with van der Waals surface area (Å²) in [5.41, 5.74) is 0. The third kappa shape index (κ3) is 3.91. The molecule has 0 amide bonds. The van der Waals surface area contributed by atoms with Gasteiger partial charge in [-0.1, -0.05) is 15.3 Å². The van der Waals surface area contributed by atoms with Crippen LogP contribution in [0.15, 0.2) is 0 Å². The normalized spacial score (nSPS) is 31.9. The molecule has 0 bridgehead atoms. The maximum Gasteiger partial charge on any atom is 0 e. The van der Waals surface area contributed by atoms with E-state index in [1.165, 1.54) is 0 Å². The number of nitrogens with zero attached hydrogens (tertiary/aromatic N) is 2. The summed E-state index contributed by atoms with van der Waals surface area (Å²) in [4.78, 5) is 0. The van der Waals surface area contributed by atoms with E-state index in [0.29, 0.717) is 20.4 Å². The summed E-state index contributed by atoms with van der Waals surface area (Å²) < 4.78 is 2.17. The fourth-order valence-corrected chi connectivity index (χ4v) is 2.18. The summed E-state index contributed by atoms with van der Waals surface area (Å²) in [6.45, 7) is 6.12. The van der Waals surface area contributed by atoms with Crippen LogP contribution in [0.2, 0.25) is 0 Å². The van der Waals surface area contributed by atoms with Crippen molar-refractivity contribution in [2.24, 2.45) is 5.92 Å². The monoisotopic (exact) mass is 283 g/mol. The minimum atomic E-state index is 0. The Hall–Kier alpha value is 2.31. The van der Waals surface area contributed by atoms with Crippen molar-refractivity contribution in [2.45, 2.75) is 6.04 Å². The third-order valence-corrected chi connectivity index (χ3v) is 3.34. The van der Waals surface area contributed by atoms with Gasteiger partial charge in [0.2, 0.25) is 0 Å². The van der Waals surface area contributed by atoms with Crippen molar-refractivity contribution in [1.82, 2.24) is 4.67 Å². The molecule has 11 heavy (non-hydrogen) atoms. The van der Waals surface area contributed by atoms with E-state index in [1.54, 1.807) is 0 Å². The van der Waals surface area contributed by atoms with E-state index in [0.717, 1.165) is 13.1 Å². The van der Waals surface area contributed by atoms with Gasteiger partial charge in [0.1, 0.15) is 0 Å². The maximum absolute atomic E-state index is 4.29. The molecule has 1 saturated heterocycles. The molecular formula is C5H13N2P3Y-2. The third-order valence-electron chi connectivity index (χ3n) is 1.83. The van der Waals surface area contributed by atoms with E-state index in [4.69, 9.17) is 0 Å². The van der Waals surface area contributed by atoms with Gasteiger partial charge in [0.25, 0.3) is 0 Å². The van der Waals surface area contributed by atoms with Crippen LogP contribution in [0.1, 0.15) is 0 Å². The van der Waals surface area contributed by atoms with Crippen molar-refractivity contribution in [3.8, 4) is 0 Å². The van der Waals surface area contributed by atoms with Crippen LogP contribution in [0.5, 0.6) is 0 Å². The minimum Gasteiger partial charge on any atom is -0.636 e. The van der Waals surface area contributed by atoms with E-state index in [-0.39, 0.29) is 32.7 Å². The van der Waals surface area contributed by atoms with Gasteiger partial charge in [0, 0.05) is 32.7 Å². The SMILES string of the molecule is [CH2-]C1C(C[N-]PP)CN1P.[Y]. The zero-order valence-electron chi connectivity index (χ0n) is 6.40. The van der Waals surface area contributed by atoms with E-state index in [9.17, 15) is 0 Å². The van der Waals surface area contributed by atoms with Crippen LogP contribution in [-0.2, 0) is 32.7 Å². The van der Waals surface area contributed by atoms with E-state index < -0.39 is 0 Å². The summed E-state index contributed by atoms with van der Waals surface area (Å²) in [5.74, 6) is 0.700. The van der Waals surface area contributed by atoms with Gasteiger partial charge in [-0.25, -0.2) is 8.42 Å². The van der Waals surface area contributed by atoms with Crippen molar-refractivity contribution in [1.29, 1.82) is 0 Å². The zero-order chi connectivity index (χ0) is 7.56. The van der Waals surface area contributed by atoms with Crippen molar-refractivity contribution < 1.29 is 32.7 Å². The molecule has 1 rings (SSSR count). The van der Waals surface area contributed by atoms with E-state index >= 15 is 0 Å². The summed E-state index contributed by atoms with van der Waals surface area (Å²) >= 11 is 0. The molecule has 2 nitrogen and oxygen atoms in total. The molecular weight excluding hydrogens is 270 g/mol. The second-order valence-electron chi connectivity index (χ2n) is 2.49. The Morgan fingerprint density at radius 1 is 1.73 bits per heavy atom. The second-order valence-corrected chi connectivity index (χ2v) is 4.51. The largest absolute Gasteiger partial charge is 0.636 e. The first-order valence-corrected chi connectivity index (χ1v) is 6.49. The molecule has 5 unspecified atom stereocenters. The Morgan fingerprint density at radius 2 is 2.36 bits per heavy atom. The van der Waals surface area contributed by atoms with Crippen molar-refractivity contribution in [3.05, 3.63) is 12.0 Å². The molecule has 0 N–H and O–H groups in total. The van der Waals surface area contributed by atoms with Crippen LogP contribution >= 0.6 is 26.7 Å².